The maximum absolute atomic E-state index is 12.3. The average Bonchev–Trinajstić information content (AvgIpc) is 2.56. The summed E-state index contributed by atoms with van der Waals surface area (Å²) < 4.78 is 4.77. The van der Waals surface area contributed by atoms with Crippen LogP contribution in [-0.2, 0) is 4.74 Å². The van der Waals surface area contributed by atoms with E-state index in [0.29, 0.717) is 22.5 Å². The zero-order chi connectivity index (χ0) is 18.4. The van der Waals surface area contributed by atoms with Crippen LogP contribution in [0.25, 0.3) is 0 Å². The fraction of sp³-hybridized carbons (Fsp3) is 0.176. The molecule has 2 amide bonds. The van der Waals surface area contributed by atoms with Gasteiger partial charge in [-0.15, -0.1) is 0 Å². The van der Waals surface area contributed by atoms with Gasteiger partial charge in [-0.2, -0.15) is 0 Å². The van der Waals surface area contributed by atoms with Crippen molar-refractivity contribution in [3.05, 3.63) is 63.7 Å². The first-order valence-corrected chi connectivity index (χ1v) is 7.51. The summed E-state index contributed by atoms with van der Waals surface area (Å²) in [7, 11) is 0. The monoisotopic (exact) mass is 343 g/mol. The van der Waals surface area contributed by atoms with E-state index in [9.17, 15) is 19.7 Å². The number of non-ortho nitro benzene ring substituents is 1. The van der Waals surface area contributed by atoms with Crippen LogP contribution in [0.4, 0.5) is 21.9 Å². The number of nitrogens with zero attached hydrogens (tertiary/aromatic N) is 1. The Bertz CT molecular complexity index is 802. The summed E-state index contributed by atoms with van der Waals surface area (Å²) in [6.07, 6.45) is -0.555. The van der Waals surface area contributed by atoms with E-state index in [-0.39, 0.29) is 18.2 Å². The average molecular weight is 343 g/mol. The molecule has 0 spiro atoms. The molecule has 8 heteroatoms. The van der Waals surface area contributed by atoms with Gasteiger partial charge in [0.15, 0.2) is 0 Å². The van der Waals surface area contributed by atoms with Crippen LogP contribution in [0.15, 0.2) is 42.5 Å². The molecule has 130 valence electrons. The number of hydrogen-bond donors (Lipinski definition) is 2. The minimum Gasteiger partial charge on any atom is -0.450 e. The highest BCUT2D eigenvalue weighted by molar-refractivity contribution is 6.05. The summed E-state index contributed by atoms with van der Waals surface area (Å²) in [6, 6.07) is 10.5. The molecule has 2 rings (SSSR count). The fourth-order valence-corrected chi connectivity index (χ4v) is 2.14. The lowest BCUT2D eigenvalue weighted by Gasteiger charge is -2.09. The molecule has 0 atom stereocenters. The molecule has 2 N–H and O–H groups in total. The molecule has 0 aliphatic heterocycles. The smallest absolute Gasteiger partial charge is 0.411 e. The second-order valence-electron chi connectivity index (χ2n) is 5.13. The molecule has 25 heavy (non-hydrogen) atoms. The fourth-order valence-electron chi connectivity index (χ4n) is 2.14. The molecular formula is C17H17N3O5. The van der Waals surface area contributed by atoms with Gasteiger partial charge in [0.1, 0.15) is 0 Å². The summed E-state index contributed by atoms with van der Waals surface area (Å²) in [5.41, 5.74) is 1.84. The number of nitro benzene ring substituents is 1. The molecule has 0 radical (unpaired) electrons. The Morgan fingerprint density at radius 3 is 2.20 bits per heavy atom. The van der Waals surface area contributed by atoms with Gasteiger partial charge in [0.2, 0.25) is 0 Å². The maximum atomic E-state index is 12.3. The van der Waals surface area contributed by atoms with Crippen LogP contribution >= 0.6 is 0 Å². The van der Waals surface area contributed by atoms with Crippen LogP contribution in [0, 0.1) is 17.0 Å². The first kappa shape index (κ1) is 17.9. The first-order valence-electron chi connectivity index (χ1n) is 7.51. The van der Waals surface area contributed by atoms with E-state index in [2.05, 4.69) is 10.6 Å². The highest BCUT2D eigenvalue weighted by Gasteiger charge is 2.13. The van der Waals surface area contributed by atoms with Crippen molar-refractivity contribution in [3.8, 4) is 0 Å². The molecule has 0 fully saturated rings. The number of nitro groups is 1. The number of rotatable bonds is 5. The second-order valence-corrected chi connectivity index (χ2v) is 5.13. The minimum absolute atomic E-state index is 0.0663. The molecular weight excluding hydrogens is 326 g/mol. The van der Waals surface area contributed by atoms with Gasteiger partial charge in [0, 0.05) is 29.1 Å². The molecule has 0 unspecified atom stereocenters. The molecule has 0 saturated carbocycles. The Kier molecular flexibility index (Phi) is 5.67. The number of carbonyl (C=O) groups is 2. The number of amides is 2. The minimum atomic E-state index is -0.555. The zero-order valence-corrected chi connectivity index (χ0v) is 13.7. The van der Waals surface area contributed by atoms with Gasteiger partial charge in [0.25, 0.3) is 11.6 Å². The van der Waals surface area contributed by atoms with Crippen molar-refractivity contribution in [1.29, 1.82) is 0 Å². The maximum Gasteiger partial charge on any atom is 0.411 e. The Labute approximate surface area is 144 Å². The van der Waals surface area contributed by atoms with Crippen molar-refractivity contribution in [2.24, 2.45) is 0 Å². The number of nitrogens with one attached hydrogen (secondary N) is 2. The predicted molar refractivity (Wildman–Crippen MR) is 92.9 cm³/mol. The normalized spacial score (nSPS) is 10.0. The van der Waals surface area contributed by atoms with Gasteiger partial charge in [-0.05, 0) is 49.7 Å². The SMILES string of the molecule is CCOC(=O)Nc1ccc(NC(=O)c2ccc([N+](=O)[O-])cc2C)cc1. The molecule has 2 aromatic rings. The van der Waals surface area contributed by atoms with E-state index < -0.39 is 11.0 Å². The summed E-state index contributed by atoms with van der Waals surface area (Å²) >= 11 is 0. The Morgan fingerprint density at radius 1 is 1.08 bits per heavy atom. The van der Waals surface area contributed by atoms with Crippen LogP contribution < -0.4 is 10.6 Å². The van der Waals surface area contributed by atoms with Crippen molar-refractivity contribution in [1.82, 2.24) is 0 Å². The molecule has 0 aliphatic carbocycles. The third-order valence-corrected chi connectivity index (χ3v) is 3.33. The summed E-state index contributed by atoms with van der Waals surface area (Å²) in [6.45, 7) is 3.61. The summed E-state index contributed by atoms with van der Waals surface area (Å²) in [5, 5.41) is 16.0. The van der Waals surface area contributed by atoms with Gasteiger partial charge in [0.05, 0.1) is 11.5 Å². The third kappa shape index (κ3) is 4.77. The van der Waals surface area contributed by atoms with E-state index >= 15 is 0 Å². The lowest BCUT2D eigenvalue weighted by Crippen LogP contribution is -2.14. The lowest BCUT2D eigenvalue weighted by molar-refractivity contribution is -0.384. The van der Waals surface area contributed by atoms with Crippen LogP contribution in [0.2, 0.25) is 0 Å². The van der Waals surface area contributed by atoms with Crippen molar-refractivity contribution < 1.29 is 19.2 Å². The zero-order valence-electron chi connectivity index (χ0n) is 13.7. The van der Waals surface area contributed by atoms with Crippen LogP contribution in [0.5, 0.6) is 0 Å². The number of benzene rings is 2. The molecule has 8 nitrogen and oxygen atoms in total. The van der Waals surface area contributed by atoms with E-state index in [0.717, 1.165) is 0 Å². The first-order chi connectivity index (χ1) is 11.9. The van der Waals surface area contributed by atoms with Gasteiger partial charge in [-0.25, -0.2) is 4.79 Å². The lowest BCUT2D eigenvalue weighted by atomic mass is 10.1. The molecule has 2 aromatic carbocycles. The molecule has 0 aliphatic rings. The Morgan fingerprint density at radius 2 is 1.68 bits per heavy atom. The topological polar surface area (TPSA) is 111 Å². The number of carbonyl (C=O) groups excluding carboxylic acids is 2. The van der Waals surface area contributed by atoms with Crippen molar-refractivity contribution in [2.45, 2.75) is 13.8 Å². The van der Waals surface area contributed by atoms with Crippen LogP contribution in [0.1, 0.15) is 22.8 Å². The van der Waals surface area contributed by atoms with Crippen molar-refractivity contribution in [2.75, 3.05) is 17.2 Å². The second kappa shape index (κ2) is 7.91. The van der Waals surface area contributed by atoms with Crippen molar-refractivity contribution >= 4 is 29.1 Å². The highest BCUT2D eigenvalue weighted by atomic mass is 16.6. The van der Waals surface area contributed by atoms with Crippen molar-refractivity contribution in [3.63, 3.8) is 0 Å². The molecule has 0 bridgehead atoms. The quantitative estimate of drug-likeness (QED) is 0.635. The van der Waals surface area contributed by atoms with Gasteiger partial charge in [-0.3, -0.25) is 20.2 Å². The third-order valence-electron chi connectivity index (χ3n) is 3.33. The summed E-state index contributed by atoms with van der Waals surface area (Å²) in [5.74, 6) is -0.376. The van der Waals surface area contributed by atoms with Gasteiger partial charge >= 0.3 is 6.09 Å². The van der Waals surface area contributed by atoms with Crippen LogP contribution in [0.3, 0.4) is 0 Å². The number of anilines is 2. The van der Waals surface area contributed by atoms with Gasteiger partial charge < -0.3 is 10.1 Å². The Hall–Kier alpha value is -3.42. The largest absolute Gasteiger partial charge is 0.450 e. The number of aryl methyl sites for hydroxylation is 1. The van der Waals surface area contributed by atoms with Gasteiger partial charge in [-0.1, -0.05) is 0 Å². The molecule has 0 aromatic heterocycles. The number of hydrogen-bond acceptors (Lipinski definition) is 5. The summed E-state index contributed by atoms with van der Waals surface area (Å²) in [4.78, 5) is 33.8. The highest BCUT2D eigenvalue weighted by Crippen LogP contribution is 2.19. The Balaban J connectivity index is 2.05. The molecule has 0 saturated heterocycles. The predicted octanol–water partition coefficient (Wildman–Crippen LogP) is 3.72. The number of ether oxygens (including phenoxy) is 1. The molecule has 0 heterocycles. The van der Waals surface area contributed by atoms with E-state index in [1.807, 2.05) is 0 Å². The standard InChI is InChI=1S/C17H17N3O5/c1-3-25-17(22)19-13-6-4-12(5-7-13)18-16(21)15-9-8-14(20(23)24)10-11(15)2/h4-10H,3H2,1-2H3,(H,18,21)(H,19,22). The van der Waals surface area contributed by atoms with Crippen LogP contribution in [-0.4, -0.2) is 23.5 Å². The van der Waals surface area contributed by atoms with E-state index in [4.69, 9.17) is 4.74 Å². The van der Waals surface area contributed by atoms with E-state index in [1.165, 1.54) is 18.2 Å². The van der Waals surface area contributed by atoms with E-state index in [1.54, 1.807) is 38.1 Å².